The highest BCUT2D eigenvalue weighted by molar-refractivity contribution is 6.46. The molecule has 9 heteroatoms. The van der Waals surface area contributed by atoms with Crippen LogP contribution in [0.3, 0.4) is 0 Å². The summed E-state index contributed by atoms with van der Waals surface area (Å²) in [6.07, 6.45) is 0. The molecule has 40 heavy (non-hydrogen) atoms. The number of methoxy groups -OCH3 is 2. The third-order valence-corrected chi connectivity index (χ3v) is 6.50. The standard InChI is InChI=1S/C31H31NO8/c1-5-39-23-14-15-24(25(17-23)40-6-2)28(33)26-27(21-8-7-9-22(16-21)37-3)32(30(35)29(26)34)18-19-10-12-20(13-11-19)31(36)38-4/h7-17,27,33H,5-6,18H2,1-4H3/b28-26-. The van der Waals surface area contributed by atoms with Gasteiger partial charge >= 0.3 is 5.97 Å². The number of ketones is 1. The van der Waals surface area contributed by atoms with Gasteiger partial charge in [-0.05, 0) is 61.4 Å². The van der Waals surface area contributed by atoms with Gasteiger partial charge in [-0.3, -0.25) is 9.59 Å². The molecule has 0 aromatic heterocycles. The number of carbonyl (C=O) groups excluding carboxylic acids is 3. The number of ether oxygens (including phenoxy) is 4. The predicted molar refractivity (Wildman–Crippen MR) is 147 cm³/mol. The van der Waals surface area contributed by atoms with E-state index in [-0.39, 0.29) is 23.4 Å². The van der Waals surface area contributed by atoms with Gasteiger partial charge in [-0.15, -0.1) is 0 Å². The highest BCUT2D eigenvalue weighted by atomic mass is 16.5. The summed E-state index contributed by atoms with van der Waals surface area (Å²) in [6, 6.07) is 17.5. The summed E-state index contributed by atoms with van der Waals surface area (Å²) in [5.74, 6) is -1.04. The first-order valence-corrected chi connectivity index (χ1v) is 12.8. The molecule has 0 radical (unpaired) electrons. The average Bonchev–Trinajstić information content (AvgIpc) is 3.22. The molecule has 4 rings (SSSR count). The van der Waals surface area contributed by atoms with Gasteiger partial charge < -0.3 is 29.0 Å². The Morgan fingerprint density at radius 1 is 0.900 bits per heavy atom. The fourth-order valence-electron chi connectivity index (χ4n) is 4.64. The molecule has 208 valence electrons. The first-order valence-electron chi connectivity index (χ1n) is 12.8. The minimum absolute atomic E-state index is 0.0479. The van der Waals surface area contributed by atoms with Gasteiger partial charge in [-0.25, -0.2) is 4.79 Å². The molecule has 1 aliphatic rings. The Balaban J connectivity index is 1.84. The molecule has 0 bridgehead atoms. The van der Waals surface area contributed by atoms with Crippen molar-refractivity contribution in [2.24, 2.45) is 0 Å². The lowest BCUT2D eigenvalue weighted by Crippen LogP contribution is -2.29. The van der Waals surface area contributed by atoms with Crippen molar-refractivity contribution < 1.29 is 38.4 Å². The quantitative estimate of drug-likeness (QED) is 0.166. The first kappa shape index (κ1) is 28.2. The number of aliphatic hydroxyl groups is 1. The molecule has 9 nitrogen and oxygen atoms in total. The van der Waals surface area contributed by atoms with Crippen LogP contribution in [0.1, 0.15) is 46.9 Å². The summed E-state index contributed by atoms with van der Waals surface area (Å²) in [7, 11) is 2.82. The zero-order chi connectivity index (χ0) is 28.8. The summed E-state index contributed by atoms with van der Waals surface area (Å²) in [4.78, 5) is 40.2. The lowest BCUT2D eigenvalue weighted by atomic mass is 9.94. The Labute approximate surface area is 232 Å². The van der Waals surface area contributed by atoms with E-state index in [9.17, 15) is 19.5 Å². The molecule has 1 saturated heterocycles. The van der Waals surface area contributed by atoms with Gasteiger partial charge in [0.25, 0.3) is 11.7 Å². The normalized spacial score (nSPS) is 16.1. The van der Waals surface area contributed by atoms with Crippen molar-refractivity contribution in [3.05, 3.63) is 94.6 Å². The number of rotatable bonds is 10. The second-order valence-electron chi connectivity index (χ2n) is 8.92. The molecular weight excluding hydrogens is 514 g/mol. The summed E-state index contributed by atoms with van der Waals surface area (Å²) < 4.78 is 21.5. The number of benzene rings is 3. The number of nitrogens with zero attached hydrogens (tertiary/aromatic N) is 1. The summed E-state index contributed by atoms with van der Waals surface area (Å²) in [5.41, 5.74) is 1.80. The SMILES string of the molecule is CCOc1ccc(/C(O)=C2/C(=O)C(=O)N(Cc3ccc(C(=O)OC)cc3)C2c2cccc(OC)c2)c(OCC)c1. The monoisotopic (exact) mass is 545 g/mol. The van der Waals surface area contributed by atoms with Crippen molar-refractivity contribution in [2.45, 2.75) is 26.4 Å². The molecule has 3 aromatic carbocycles. The number of carbonyl (C=O) groups is 3. The van der Waals surface area contributed by atoms with Crippen LogP contribution in [-0.4, -0.2) is 55.1 Å². The number of Topliss-reactive ketones (excluding diaryl/α,β-unsaturated/α-hetero) is 1. The van der Waals surface area contributed by atoms with E-state index >= 15 is 0 Å². The molecule has 0 spiro atoms. The van der Waals surface area contributed by atoms with Crippen molar-refractivity contribution in [3.8, 4) is 17.2 Å². The van der Waals surface area contributed by atoms with E-state index in [0.717, 1.165) is 0 Å². The first-order chi connectivity index (χ1) is 19.3. The Morgan fingerprint density at radius 3 is 2.27 bits per heavy atom. The molecule has 0 aliphatic carbocycles. The molecule has 1 atom stereocenters. The van der Waals surface area contributed by atoms with E-state index in [4.69, 9.17) is 18.9 Å². The smallest absolute Gasteiger partial charge is 0.337 e. The average molecular weight is 546 g/mol. The van der Waals surface area contributed by atoms with E-state index in [0.29, 0.717) is 47.2 Å². The second kappa shape index (κ2) is 12.4. The number of hydrogen-bond donors (Lipinski definition) is 1. The summed E-state index contributed by atoms with van der Waals surface area (Å²) in [6.45, 7) is 4.46. The minimum atomic E-state index is -0.920. The molecule has 3 aromatic rings. The topological polar surface area (TPSA) is 112 Å². The molecular formula is C31H31NO8. The van der Waals surface area contributed by atoms with Crippen molar-refractivity contribution in [3.63, 3.8) is 0 Å². The van der Waals surface area contributed by atoms with Crippen molar-refractivity contribution >= 4 is 23.4 Å². The van der Waals surface area contributed by atoms with Gasteiger partial charge in [0.1, 0.15) is 23.0 Å². The van der Waals surface area contributed by atoms with Crippen LogP contribution in [-0.2, 0) is 20.9 Å². The van der Waals surface area contributed by atoms with Crippen molar-refractivity contribution in [1.29, 1.82) is 0 Å². The van der Waals surface area contributed by atoms with Gasteiger partial charge in [0.15, 0.2) is 0 Å². The van der Waals surface area contributed by atoms with Crippen LogP contribution < -0.4 is 14.2 Å². The summed E-state index contributed by atoms with van der Waals surface area (Å²) >= 11 is 0. The molecule has 1 fully saturated rings. The van der Waals surface area contributed by atoms with Gasteiger partial charge in [0.2, 0.25) is 0 Å². The lowest BCUT2D eigenvalue weighted by molar-refractivity contribution is -0.140. The second-order valence-corrected chi connectivity index (χ2v) is 8.92. The van der Waals surface area contributed by atoms with Crippen LogP contribution in [0.25, 0.3) is 5.76 Å². The Morgan fingerprint density at radius 2 is 1.62 bits per heavy atom. The minimum Gasteiger partial charge on any atom is -0.507 e. The molecule has 0 saturated carbocycles. The van der Waals surface area contributed by atoms with Crippen LogP contribution in [0.15, 0.2) is 72.3 Å². The zero-order valence-corrected chi connectivity index (χ0v) is 22.8. The summed E-state index contributed by atoms with van der Waals surface area (Å²) in [5, 5.41) is 11.6. The number of likely N-dealkylation sites (tertiary alicyclic amines) is 1. The third kappa shape index (κ3) is 5.63. The van der Waals surface area contributed by atoms with Crippen LogP contribution in [0.2, 0.25) is 0 Å². The van der Waals surface area contributed by atoms with Crippen LogP contribution in [0.5, 0.6) is 17.2 Å². The van der Waals surface area contributed by atoms with Gasteiger partial charge in [0.05, 0.1) is 50.2 Å². The molecule has 1 aliphatic heterocycles. The lowest BCUT2D eigenvalue weighted by Gasteiger charge is -2.26. The highest BCUT2D eigenvalue weighted by Gasteiger charge is 2.46. The molecule has 1 N–H and O–H groups in total. The van der Waals surface area contributed by atoms with Crippen LogP contribution in [0.4, 0.5) is 0 Å². The van der Waals surface area contributed by atoms with Gasteiger partial charge in [-0.1, -0.05) is 24.3 Å². The van der Waals surface area contributed by atoms with E-state index in [1.807, 2.05) is 6.92 Å². The van der Waals surface area contributed by atoms with Gasteiger partial charge in [-0.2, -0.15) is 0 Å². The van der Waals surface area contributed by atoms with Crippen molar-refractivity contribution in [2.75, 3.05) is 27.4 Å². The largest absolute Gasteiger partial charge is 0.507 e. The van der Waals surface area contributed by atoms with Crippen LogP contribution in [0, 0.1) is 0 Å². The van der Waals surface area contributed by atoms with E-state index < -0.39 is 23.7 Å². The van der Waals surface area contributed by atoms with Crippen molar-refractivity contribution in [1.82, 2.24) is 4.90 Å². The van der Waals surface area contributed by atoms with Crippen LogP contribution >= 0.6 is 0 Å². The Bertz CT molecular complexity index is 1440. The molecule has 1 amide bonds. The predicted octanol–water partition coefficient (Wildman–Crippen LogP) is 4.90. The molecule has 1 heterocycles. The zero-order valence-electron chi connectivity index (χ0n) is 22.8. The van der Waals surface area contributed by atoms with E-state index in [2.05, 4.69) is 0 Å². The molecule has 1 unspecified atom stereocenters. The third-order valence-electron chi connectivity index (χ3n) is 6.50. The maximum absolute atomic E-state index is 13.5. The maximum Gasteiger partial charge on any atom is 0.337 e. The fraction of sp³-hybridized carbons (Fsp3) is 0.258. The Hall–Kier alpha value is -4.79. The van der Waals surface area contributed by atoms with E-state index in [1.54, 1.807) is 73.7 Å². The van der Waals surface area contributed by atoms with Gasteiger partial charge in [0, 0.05) is 12.6 Å². The fourth-order valence-corrected chi connectivity index (χ4v) is 4.64. The number of amides is 1. The highest BCUT2D eigenvalue weighted by Crippen LogP contribution is 2.43. The number of aliphatic hydroxyl groups excluding tert-OH is 1. The van der Waals surface area contributed by atoms with E-state index in [1.165, 1.54) is 19.1 Å². The Kier molecular flexibility index (Phi) is 8.73. The maximum atomic E-state index is 13.5. The number of esters is 1. The number of hydrogen-bond acceptors (Lipinski definition) is 8.